The number of nitrogens with one attached hydrogen (secondary N) is 2. The van der Waals surface area contributed by atoms with E-state index in [-0.39, 0.29) is 12.1 Å². The van der Waals surface area contributed by atoms with Gasteiger partial charge in [-0.3, -0.25) is 4.90 Å². The highest BCUT2D eigenvalue weighted by Crippen LogP contribution is 2.17. The molecular formula is C16H25N3O2. The normalized spacial score (nSPS) is 17.2. The summed E-state index contributed by atoms with van der Waals surface area (Å²) in [5.41, 5.74) is 2.02. The SMILES string of the molecule is CCC(C)NC(=O)Nc1ccccc1CN1CCOCC1. The zero-order valence-corrected chi connectivity index (χ0v) is 12.9. The number of carbonyl (C=O) groups excluding carboxylic acids is 1. The van der Waals surface area contributed by atoms with E-state index in [1.807, 2.05) is 25.1 Å². The standard InChI is InChI=1S/C16H25N3O2/c1-3-13(2)17-16(20)18-15-7-5-4-6-14(15)12-19-8-10-21-11-9-19/h4-7,13H,3,8-12H2,1-2H3,(H2,17,18,20). The molecule has 1 aliphatic rings. The number of para-hydroxylation sites is 1. The van der Waals surface area contributed by atoms with Crippen molar-refractivity contribution in [2.24, 2.45) is 0 Å². The fraction of sp³-hybridized carbons (Fsp3) is 0.562. The second-order valence-electron chi connectivity index (χ2n) is 5.45. The molecule has 1 fully saturated rings. The molecule has 0 radical (unpaired) electrons. The number of ether oxygens (including phenoxy) is 1. The number of anilines is 1. The Labute approximate surface area is 126 Å². The zero-order chi connectivity index (χ0) is 15.1. The monoisotopic (exact) mass is 291 g/mol. The molecule has 1 atom stereocenters. The largest absolute Gasteiger partial charge is 0.379 e. The minimum Gasteiger partial charge on any atom is -0.379 e. The van der Waals surface area contributed by atoms with Crippen molar-refractivity contribution >= 4 is 11.7 Å². The summed E-state index contributed by atoms with van der Waals surface area (Å²) in [6.45, 7) is 8.33. The first kappa shape index (κ1) is 15.8. The number of amides is 2. The van der Waals surface area contributed by atoms with Crippen LogP contribution in [0, 0.1) is 0 Å². The average Bonchev–Trinajstić information content (AvgIpc) is 2.50. The molecule has 2 rings (SSSR count). The second kappa shape index (κ2) is 8.00. The third-order valence-electron chi connectivity index (χ3n) is 3.75. The molecule has 0 bridgehead atoms. The molecule has 5 nitrogen and oxygen atoms in total. The number of rotatable bonds is 5. The average molecular weight is 291 g/mol. The van der Waals surface area contributed by atoms with E-state index < -0.39 is 0 Å². The first-order valence-corrected chi connectivity index (χ1v) is 7.64. The summed E-state index contributed by atoms with van der Waals surface area (Å²) in [4.78, 5) is 14.3. The lowest BCUT2D eigenvalue weighted by molar-refractivity contribution is 0.0343. The lowest BCUT2D eigenvalue weighted by Crippen LogP contribution is -2.37. The maximum Gasteiger partial charge on any atom is 0.319 e. The van der Waals surface area contributed by atoms with Crippen LogP contribution in [0.2, 0.25) is 0 Å². The molecule has 1 unspecified atom stereocenters. The molecule has 1 heterocycles. The van der Waals surface area contributed by atoms with E-state index in [4.69, 9.17) is 4.74 Å². The molecule has 2 N–H and O–H groups in total. The molecule has 1 aromatic carbocycles. The molecule has 0 spiro atoms. The van der Waals surface area contributed by atoms with E-state index in [1.165, 1.54) is 0 Å². The predicted molar refractivity (Wildman–Crippen MR) is 84.4 cm³/mol. The van der Waals surface area contributed by atoms with Gasteiger partial charge in [0.25, 0.3) is 0 Å². The highest BCUT2D eigenvalue weighted by Gasteiger charge is 2.14. The topological polar surface area (TPSA) is 53.6 Å². The molecule has 116 valence electrons. The van der Waals surface area contributed by atoms with Crippen molar-refractivity contribution in [1.29, 1.82) is 0 Å². The number of benzene rings is 1. The van der Waals surface area contributed by atoms with Gasteiger partial charge in [-0.05, 0) is 25.0 Å². The van der Waals surface area contributed by atoms with E-state index in [1.54, 1.807) is 0 Å². The summed E-state index contributed by atoms with van der Waals surface area (Å²) in [7, 11) is 0. The Bertz CT molecular complexity index is 459. The molecule has 1 aromatic rings. The van der Waals surface area contributed by atoms with E-state index >= 15 is 0 Å². The fourth-order valence-corrected chi connectivity index (χ4v) is 2.26. The van der Waals surface area contributed by atoms with Crippen LogP contribution in [0.15, 0.2) is 24.3 Å². The molecule has 0 aromatic heterocycles. The van der Waals surface area contributed by atoms with Crippen molar-refractivity contribution in [2.45, 2.75) is 32.9 Å². The van der Waals surface area contributed by atoms with Gasteiger partial charge in [0.1, 0.15) is 0 Å². The van der Waals surface area contributed by atoms with E-state index in [0.29, 0.717) is 0 Å². The summed E-state index contributed by atoms with van der Waals surface area (Å²) in [5, 5.41) is 5.88. The van der Waals surface area contributed by atoms with Crippen LogP contribution < -0.4 is 10.6 Å². The highest BCUT2D eigenvalue weighted by molar-refractivity contribution is 5.90. The minimum atomic E-state index is -0.140. The lowest BCUT2D eigenvalue weighted by Gasteiger charge is -2.27. The Balaban J connectivity index is 1.97. The van der Waals surface area contributed by atoms with Gasteiger partial charge in [0, 0.05) is 31.4 Å². The summed E-state index contributed by atoms with van der Waals surface area (Å²) in [6, 6.07) is 8.00. The maximum atomic E-state index is 12.0. The van der Waals surface area contributed by atoms with Gasteiger partial charge in [0.05, 0.1) is 13.2 Å². The van der Waals surface area contributed by atoms with Crippen molar-refractivity contribution in [1.82, 2.24) is 10.2 Å². The van der Waals surface area contributed by atoms with Crippen LogP contribution in [0.4, 0.5) is 10.5 Å². The van der Waals surface area contributed by atoms with Gasteiger partial charge in [-0.15, -0.1) is 0 Å². The van der Waals surface area contributed by atoms with E-state index in [9.17, 15) is 4.79 Å². The van der Waals surface area contributed by atoms with Gasteiger partial charge in [-0.25, -0.2) is 4.79 Å². The van der Waals surface area contributed by atoms with Gasteiger partial charge in [0.2, 0.25) is 0 Å². The Kier molecular flexibility index (Phi) is 6.02. The van der Waals surface area contributed by atoms with Crippen LogP contribution in [0.25, 0.3) is 0 Å². The first-order chi connectivity index (χ1) is 10.2. The Morgan fingerprint density at radius 2 is 2.05 bits per heavy atom. The maximum absolute atomic E-state index is 12.0. The molecular weight excluding hydrogens is 266 g/mol. The Morgan fingerprint density at radius 3 is 2.76 bits per heavy atom. The molecule has 21 heavy (non-hydrogen) atoms. The third-order valence-corrected chi connectivity index (χ3v) is 3.75. The van der Waals surface area contributed by atoms with Gasteiger partial charge < -0.3 is 15.4 Å². The van der Waals surface area contributed by atoms with Crippen LogP contribution in [0.5, 0.6) is 0 Å². The van der Waals surface area contributed by atoms with Crippen LogP contribution in [-0.2, 0) is 11.3 Å². The van der Waals surface area contributed by atoms with Gasteiger partial charge >= 0.3 is 6.03 Å². The van der Waals surface area contributed by atoms with Gasteiger partial charge in [-0.1, -0.05) is 25.1 Å². The number of urea groups is 1. The van der Waals surface area contributed by atoms with Crippen molar-refractivity contribution in [3.05, 3.63) is 29.8 Å². The molecule has 5 heteroatoms. The summed E-state index contributed by atoms with van der Waals surface area (Å²) < 4.78 is 5.37. The molecule has 2 amide bonds. The van der Waals surface area contributed by atoms with E-state index in [0.717, 1.165) is 50.5 Å². The molecule has 0 aliphatic carbocycles. The molecule has 0 saturated carbocycles. The number of nitrogens with zero attached hydrogens (tertiary/aromatic N) is 1. The molecule has 1 saturated heterocycles. The van der Waals surface area contributed by atoms with Crippen LogP contribution in [0.3, 0.4) is 0 Å². The first-order valence-electron chi connectivity index (χ1n) is 7.64. The Hall–Kier alpha value is -1.59. The van der Waals surface area contributed by atoms with Gasteiger partial charge in [-0.2, -0.15) is 0 Å². The van der Waals surface area contributed by atoms with Crippen molar-refractivity contribution in [2.75, 3.05) is 31.6 Å². The second-order valence-corrected chi connectivity index (χ2v) is 5.45. The van der Waals surface area contributed by atoms with Crippen LogP contribution in [-0.4, -0.2) is 43.3 Å². The van der Waals surface area contributed by atoms with Gasteiger partial charge in [0.15, 0.2) is 0 Å². The Morgan fingerprint density at radius 1 is 1.33 bits per heavy atom. The predicted octanol–water partition coefficient (Wildman–Crippen LogP) is 2.44. The smallest absolute Gasteiger partial charge is 0.319 e. The van der Waals surface area contributed by atoms with Crippen LogP contribution >= 0.6 is 0 Å². The fourth-order valence-electron chi connectivity index (χ4n) is 2.26. The van der Waals surface area contributed by atoms with Crippen LogP contribution in [0.1, 0.15) is 25.8 Å². The van der Waals surface area contributed by atoms with E-state index in [2.05, 4.69) is 28.5 Å². The quantitative estimate of drug-likeness (QED) is 0.876. The number of hydrogen-bond acceptors (Lipinski definition) is 3. The van der Waals surface area contributed by atoms with Crippen molar-refractivity contribution in [3.8, 4) is 0 Å². The highest BCUT2D eigenvalue weighted by atomic mass is 16.5. The molecule has 1 aliphatic heterocycles. The van der Waals surface area contributed by atoms with Crippen molar-refractivity contribution < 1.29 is 9.53 Å². The number of carbonyl (C=O) groups is 1. The van der Waals surface area contributed by atoms with Crippen molar-refractivity contribution in [3.63, 3.8) is 0 Å². The summed E-state index contributed by atoms with van der Waals surface area (Å²) >= 11 is 0. The summed E-state index contributed by atoms with van der Waals surface area (Å²) in [5.74, 6) is 0. The summed E-state index contributed by atoms with van der Waals surface area (Å²) in [6.07, 6.45) is 0.919. The lowest BCUT2D eigenvalue weighted by atomic mass is 10.1. The number of hydrogen-bond donors (Lipinski definition) is 2. The number of morpholine rings is 1. The third kappa shape index (κ3) is 5.02. The zero-order valence-electron chi connectivity index (χ0n) is 12.9. The minimum absolute atomic E-state index is 0.140.